The fraction of sp³-hybridized carbons (Fsp3) is 0.333. The zero-order valence-electron chi connectivity index (χ0n) is 10.5. The molecule has 0 amide bonds. The smallest absolute Gasteiger partial charge is 0.123 e. The second-order valence-electron chi connectivity index (χ2n) is 4.97. The van der Waals surface area contributed by atoms with Gasteiger partial charge in [0.15, 0.2) is 0 Å². The maximum absolute atomic E-state index is 13.2. The van der Waals surface area contributed by atoms with E-state index in [0.29, 0.717) is 0 Å². The van der Waals surface area contributed by atoms with Crippen molar-refractivity contribution in [2.24, 2.45) is 0 Å². The monoisotopic (exact) mass is 277 g/mol. The summed E-state index contributed by atoms with van der Waals surface area (Å²) >= 11 is 1.70. The van der Waals surface area contributed by atoms with Gasteiger partial charge in [0, 0.05) is 11.4 Å². The van der Waals surface area contributed by atoms with Crippen molar-refractivity contribution in [3.05, 3.63) is 57.5 Å². The van der Waals surface area contributed by atoms with E-state index >= 15 is 0 Å². The Morgan fingerprint density at radius 3 is 3.00 bits per heavy atom. The maximum Gasteiger partial charge on any atom is 0.123 e. The molecule has 0 saturated heterocycles. The second kappa shape index (κ2) is 5.04. The number of thiophene rings is 1. The van der Waals surface area contributed by atoms with Gasteiger partial charge in [-0.25, -0.2) is 4.39 Å². The van der Waals surface area contributed by atoms with Crippen LogP contribution in [0.4, 0.5) is 4.39 Å². The summed E-state index contributed by atoms with van der Waals surface area (Å²) in [6.07, 6.45) is 1.62. The molecule has 100 valence electrons. The molecule has 0 bridgehead atoms. The van der Waals surface area contributed by atoms with Crippen molar-refractivity contribution in [1.82, 2.24) is 5.32 Å². The zero-order chi connectivity index (χ0) is 13.3. The van der Waals surface area contributed by atoms with Crippen LogP contribution in [0.5, 0.6) is 0 Å². The van der Waals surface area contributed by atoms with E-state index in [9.17, 15) is 9.50 Å². The Labute approximate surface area is 115 Å². The number of nitrogens with one attached hydrogen (secondary N) is 1. The van der Waals surface area contributed by atoms with Crippen LogP contribution in [-0.2, 0) is 18.5 Å². The predicted molar refractivity (Wildman–Crippen MR) is 74.6 cm³/mol. The minimum atomic E-state index is -0.424. The van der Waals surface area contributed by atoms with E-state index in [4.69, 9.17) is 0 Å². The number of halogens is 1. The van der Waals surface area contributed by atoms with E-state index in [1.807, 2.05) is 11.4 Å². The molecule has 2 aromatic rings. The highest BCUT2D eigenvalue weighted by molar-refractivity contribution is 7.09. The van der Waals surface area contributed by atoms with Crippen LogP contribution in [0.2, 0.25) is 0 Å². The normalized spacial score (nSPS) is 21.6. The molecule has 1 atom stereocenters. The third-order valence-corrected chi connectivity index (χ3v) is 4.73. The molecule has 4 heteroatoms. The lowest BCUT2D eigenvalue weighted by Crippen LogP contribution is -2.43. The second-order valence-corrected chi connectivity index (χ2v) is 6.01. The van der Waals surface area contributed by atoms with E-state index in [1.165, 1.54) is 10.9 Å². The fourth-order valence-corrected chi connectivity index (χ4v) is 3.44. The van der Waals surface area contributed by atoms with Gasteiger partial charge in [-0.2, -0.15) is 0 Å². The van der Waals surface area contributed by atoms with E-state index in [2.05, 4.69) is 11.4 Å². The van der Waals surface area contributed by atoms with Gasteiger partial charge in [0.2, 0.25) is 0 Å². The lowest BCUT2D eigenvalue weighted by atomic mass is 9.92. The Balaban J connectivity index is 1.85. The largest absolute Gasteiger partial charge is 0.394 e. The van der Waals surface area contributed by atoms with Crippen LogP contribution in [0.3, 0.4) is 0 Å². The van der Waals surface area contributed by atoms with Gasteiger partial charge in [-0.05, 0) is 47.5 Å². The molecule has 1 aromatic heterocycles. The highest BCUT2D eigenvalue weighted by Gasteiger charge is 2.37. The topological polar surface area (TPSA) is 32.3 Å². The number of benzene rings is 1. The average molecular weight is 277 g/mol. The first-order valence-electron chi connectivity index (χ1n) is 6.41. The van der Waals surface area contributed by atoms with Crippen LogP contribution >= 0.6 is 11.3 Å². The van der Waals surface area contributed by atoms with Gasteiger partial charge in [-0.1, -0.05) is 12.1 Å². The molecule has 0 aliphatic heterocycles. The number of hydrogen-bond acceptors (Lipinski definition) is 3. The van der Waals surface area contributed by atoms with E-state index < -0.39 is 5.54 Å². The first-order chi connectivity index (χ1) is 9.23. The van der Waals surface area contributed by atoms with E-state index in [1.54, 1.807) is 23.5 Å². The molecule has 1 heterocycles. The standard InChI is InChI=1S/C15H16FNOS/c16-12-3-4-14-11(8-12)5-6-15(14,10-18)17-9-13-2-1-7-19-13/h1-4,7-8,17-18H,5-6,9-10H2. The van der Waals surface area contributed by atoms with Gasteiger partial charge in [-0.15, -0.1) is 11.3 Å². The molecule has 1 aliphatic carbocycles. The number of fused-ring (bicyclic) bond motifs is 1. The Morgan fingerprint density at radius 2 is 2.26 bits per heavy atom. The van der Waals surface area contributed by atoms with Crippen molar-refractivity contribution < 1.29 is 9.50 Å². The van der Waals surface area contributed by atoms with Gasteiger partial charge in [0.05, 0.1) is 12.1 Å². The molecule has 0 fully saturated rings. The van der Waals surface area contributed by atoms with Crippen molar-refractivity contribution in [2.45, 2.75) is 24.9 Å². The molecule has 3 rings (SSSR count). The summed E-state index contributed by atoms with van der Waals surface area (Å²) in [6.45, 7) is 0.770. The Hall–Kier alpha value is -1.23. The lowest BCUT2D eigenvalue weighted by Gasteiger charge is -2.29. The Bertz CT molecular complexity index is 570. The molecule has 1 unspecified atom stereocenters. The number of aliphatic hydroxyl groups is 1. The van der Waals surface area contributed by atoms with Crippen LogP contribution in [0, 0.1) is 5.82 Å². The van der Waals surface area contributed by atoms with Crippen molar-refractivity contribution in [3.63, 3.8) is 0 Å². The maximum atomic E-state index is 13.2. The van der Waals surface area contributed by atoms with Crippen LogP contribution in [0.15, 0.2) is 35.7 Å². The quantitative estimate of drug-likeness (QED) is 0.900. The minimum Gasteiger partial charge on any atom is -0.394 e. The summed E-state index contributed by atoms with van der Waals surface area (Å²) in [5.74, 6) is -0.203. The molecule has 0 spiro atoms. The lowest BCUT2D eigenvalue weighted by molar-refractivity contribution is 0.159. The van der Waals surface area contributed by atoms with E-state index in [-0.39, 0.29) is 12.4 Å². The van der Waals surface area contributed by atoms with Gasteiger partial charge in [-0.3, -0.25) is 0 Å². The molecule has 1 aliphatic rings. The molecular weight excluding hydrogens is 261 g/mol. The van der Waals surface area contributed by atoms with Gasteiger partial charge in [0.25, 0.3) is 0 Å². The van der Waals surface area contributed by atoms with E-state index in [0.717, 1.165) is 30.5 Å². The number of aliphatic hydroxyl groups excluding tert-OH is 1. The molecule has 1 aromatic carbocycles. The van der Waals surface area contributed by atoms with Crippen LogP contribution in [-0.4, -0.2) is 11.7 Å². The molecular formula is C15H16FNOS. The highest BCUT2D eigenvalue weighted by Crippen LogP contribution is 2.37. The van der Waals surface area contributed by atoms with Crippen LogP contribution in [0.25, 0.3) is 0 Å². The van der Waals surface area contributed by atoms with Crippen LogP contribution in [0.1, 0.15) is 22.4 Å². The van der Waals surface area contributed by atoms with Crippen molar-refractivity contribution >= 4 is 11.3 Å². The molecule has 2 N–H and O–H groups in total. The fourth-order valence-electron chi connectivity index (χ4n) is 2.79. The van der Waals surface area contributed by atoms with Crippen molar-refractivity contribution in [1.29, 1.82) is 0 Å². The molecule has 0 saturated carbocycles. The van der Waals surface area contributed by atoms with Crippen LogP contribution < -0.4 is 5.32 Å². The SMILES string of the molecule is OCC1(NCc2cccs2)CCc2cc(F)ccc21. The zero-order valence-corrected chi connectivity index (χ0v) is 11.3. The number of hydrogen-bond donors (Lipinski definition) is 2. The summed E-state index contributed by atoms with van der Waals surface area (Å²) in [5, 5.41) is 15.3. The first-order valence-corrected chi connectivity index (χ1v) is 7.29. The molecule has 19 heavy (non-hydrogen) atoms. The summed E-state index contributed by atoms with van der Waals surface area (Å²) in [5.41, 5.74) is 1.62. The van der Waals surface area contributed by atoms with Crippen molar-refractivity contribution in [2.75, 3.05) is 6.61 Å². The number of rotatable bonds is 4. The predicted octanol–water partition coefficient (Wildman–Crippen LogP) is 2.81. The van der Waals surface area contributed by atoms with Gasteiger partial charge < -0.3 is 10.4 Å². The summed E-state index contributed by atoms with van der Waals surface area (Å²) in [4.78, 5) is 1.24. The molecule has 0 radical (unpaired) electrons. The Morgan fingerprint density at radius 1 is 1.37 bits per heavy atom. The summed E-state index contributed by atoms with van der Waals surface area (Å²) in [7, 11) is 0. The first kappa shape index (κ1) is 12.8. The van der Waals surface area contributed by atoms with Crippen molar-refractivity contribution in [3.8, 4) is 0 Å². The minimum absolute atomic E-state index is 0.0387. The Kier molecular flexibility index (Phi) is 3.39. The average Bonchev–Trinajstić information content (AvgIpc) is 3.04. The molecule has 2 nitrogen and oxygen atoms in total. The number of aryl methyl sites for hydroxylation is 1. The van der Waals surface area contributed by atoms with Gasteiger partial charge in [0.1, 0.15) is 5.82 Å². The summed E-state index contributed by atoms with van der Waals surface area (Å²) in [6, 6.07) is 8.95. The highest BCUT2D eigenvalue weighted by atomic mass is 32.1. The third-order valence-electron chi connectivity index (χ3n) is 3.86. The third kappa shape index (κ3) is 2.31. The van der Waals surface area contributed by atoms with Gasteiger partial charge >= 0.3 is 0 Å². The summed E-state index contributed by atoms with van der Waals surface area (Å²) < 4.78 is 13.2.